The number of carbonyl (C=O) groups is 1. The van der Waals surface area contributed by atoms with Gasteiger partial charge in [0, 0.05) is 6.61 Å². The van der Waals surface area contributed by atoms with Gasteiger partial charge in [0.15, 0.2) is 5.66 Å². The van der Waals surface area contributed by atoms with Crippen LogP contribution in [-0.4, -0.2) is 43.2 Å². The second-order valence-electron chi connectivity index (χ2n) is 4.34. The SMILES string of the molecule is CCOC(=O)C(C[C@@H](CC)CO)P(=O)(OCC)OCC. The van der Waals surface area contributed by atoms with Gasteiger partial charge in [-0.3, -0.25) is 9.36 Å². The lowest BCUT2D eigenvalue weighted by Crippen LogP contribution is -2.29. The molecular formula is C13H27O6P. The molecule has 120 valence electrons. The number of rotatable bonds is 11. The number of ether oxygens (including phenoxy) is 1. The van der Waals surface area contributed by atoms with Crippen molar-refractivity contribution in [1.29, 1.82) is 0 Å². The maximum atomic E-state index is 12.8. The van der Waals surface area contributed by atoms with Gasteiger partial charge in [0.25, 0.3) is 0 Å². The average Bonchev–Trinajstić information content (AvgIpc) is 2.40. The third kappa shape index (κ3) is 5.92. The van der Waals surface area contributed by atoms with Crippen LogP contribution in [-0.2, 0) is 23.1 Å². The third-order valence-corrected chi connectivity index (χ3v) is 5.37. The lowest BCUT2D eigenvalue weighted by atomic mass is 10.0. The maximum Gasteiger partial charge on any atom is 0.344 e. The maximum absolute atomic E-state index is 12.8. The summed E-state index contributed by atoms with van der Waals surface area (Å²) < 4.78 is 28.2. The summed E-state index contributed by atoms with van der Waals surface area (Å²) in [6.07, 6.45) is 0.897. The van der Waals surface area contributed by atoms with E-state index in [0.717, 1.165) is 0 Å². The molecule has 0 aliphatic rings. The van der Waals surface area contributed by atoms with E-state index < -0.39 is 19.2 Å². The summed E-state index contributed by atoms with van der Waals surface area (Å²) >= 11 is 0. The van der Waals surface area contributed by atoms with Crippen molar-refractivity contribution in [3.8, 4) is 0 Å². The number of carbonyl (C=O) groups excluding carboxylic acids is 1. The molecule has 0 amide bonds. The van der Waals surface area contributed by atoms with Crippen LogP contribution in [0.2, 0.25) is 0 Å². The zero-order valence-electron chi connectivity index (χ0n) is 12.8. The number of esters is 1. The van der Waals surface area contributed by atoms with Gasteiger partial charge in [0.2, 0.25) is 0 Å². The highest BCUT2D eigenvalue weighted by molar-refractivity contribution is 7.55. The van der Waals surface area contributed by atoms with E-state index in [-0.39, 0.29) is 38.8 Å². The van der Waals surface area contributed by atoms with Crippen LogP contribution in [0.15, 0.2) is 0 Å². The van der Waals surface area contributed by atoms with E-state index in [1.165, 1.54) is 0 Å². The van der Waals surface area contributed by atoms with Crippen LogP contribution in [0, 0.1) is 5.92 Å². The van der Waals surface area contributed by atoms with Crippen LogP contribution < -0.4 is 0 Å². The summed E-state index contributed by atoms with van der Waals surface area (Å²) in [4.78, 5) is 12.1. The Balaban J connectivity index is 5.23. The van der Waals surface area contributed by atoms with Gasteiger partial charge >= 0.3 is 13.6 Å². The average molecular weight is 310 g/mol. The summed E-state index contributed by atoms with van der Waals surface area (Å²) in [6, 6.07) is 0. The Morgan fingerprint density at radius 2 is 1.65 bits per heavy atom. The van der Waals surface area contributed by atoms with E-state index in [0.29, 0.717) is 6.42 Å². The smallest absolute Gasteiger partial charge is 0.344 e. The lowest BCUT2D eigenvalue weighted by Gasteiger charge is -2.27. The third-order valence-electron chi connectivity index (χ3n) is 2.95. The monoisotopic (exact) mass is 310 g/mol. The summed E-state index contributed by atoms with van der Waals surface area (Å²) in [6.45, 7) is 7.45. The van der Waals surface area contributed by atoms with Gasteiger partial charge in [0.05, 0.1) is 19.8 Å². The Morgan fingerprint density at radius 3 is 2.00 bits per heavy atom. The molecule has 0 aromatic carbocycles. The molecule has 0 saturated heterocycles. The van der Waals surface area contributed by atoms with Crippen molar-refractivity contribution in [3.05, 3.63) is 0 Å². The molecule has 0 aromatic heterocycles. The van der Waals surface area contributed by atoms with Gasteiger partial charge in [0.1, 0.15) is 0 Å². The Hall–Kier alpha value is -0.420. The summed E-state index contributed by atoms with van der Waals surface area (Å²) in [5.74, 6) is -0.733. The molecule has 6 nitrogen and oxygen atoms in total. The molecular weight excluding hydrogens is 283 g/mol. The van der Waals surface area contributed by atoms with E-state index in [4.69, 9.17) is 13.8 Å². The van der Waals surface area contributed by atoms with Crippen molar-refractivity contribution in [1.82, 2.24) is 0 Å². The molecule has 0 aromatic rings. The summed E-state index contributed by atoms with van der Waals surface area (Å²) in [5, 5.41) is 9.29. The zero-order valence-corrected chi connectivity index (χ0v) is 13.7. The first-order valence-electron chi connectivity index (χ1n) is 7.15. The highest BCUT2D eigenvalue weighted by Crippen LogP contribution is 2.55. The second kappa shape index (κ2) is 10.3. The van der Waals surface area contributed by atoms with Crippen LogP contribution in [0.4, 0.5) is 0 Å². The van der Waals surface area contributed by atoms with Crippen molar-refractivity contribution >= 4 is 13.6 Å². The van der Waals surface area contributed by atoms with Gasteiger partial charge in [-0.05, 0) is 33.1 Å². The minimum atomic E-state index is -3.58. The summed E-state index contributed by atoms with van der Waals surface area (Å²) in [5.41, 5.74) is -0.987. The molecule has 1 unspecified atom stereocenters. The van der Waals surface area contributed by atoms with E-state index in [1.54, 1.807) is 20.8 Å². The van der Waals surface area contributed by atoms with E-state index in [9.17, 15) is 14.5 Å². The van der Waals surface area contributed by atoms with Gasteiger partial charge in [-0.2, -0.15) is 0 Å². The molecule has 20 heavy (non-hydrogen) atoms. The van der Waals surface area contributed by atoms with Crippen molar-refractivity contribution in [3.63, 3.8) is 0 Å². The molecule has 0 radical (unpaired) electrons. The first kappa shape index (κ1) is 19.6. The molecule has 0 bridgehead atoms. The van der Waals surface area contributed by atoms with Crippen molar-refractivity contribution in [2.75, 3.05) is 26.4 Å². The van der Waals surface area contributed by atoms with Crippen LogP contribution in [0.1, 0.15) is 40.5 Å². The highest BCUT2D eigenvalue weighted by atomic mass is 31.2. The lowest BCUT2D eigenvalue weighted by molar-refractivity contribution is -0.143. The summed E-state index contributed by atoms with van der Waals surface area (Å²) in [7, 11) is -3.58. The molecule has 7 heteroatoms. The second-order valence-corrected chi connectivity index (χ2v) is 6.56. The fourth-order valence-electron chi connectivity index (χ4n) is 1.86. The van der Waals surface area contributed by atoms with Crippen LogP contribution in [0.5, 0.6) is 0 Å². The Morgan fingerprint density at radius 1 is 1.10 bits per heavy atom. The number of aliphatic hydroxyl groups is 1. The Bertz CT molecular complexity index is 306. The molecule has 0 spiro atoms. The minimum absolute atomic E-state index is 0.0787. The molecule has 0 heterocycles. The Kier molecular flexibility index (Phi) is 10.1. The van der Waals surface area contributed by atoms with Gasteiger partial charge in [-0.1, -0.05) is 13.3 Å². The van der Waals surface area contributed by atoms with Crippen LogP contribution in [0.3, 0.4) is 0 Å². The first-order chi connectivity index (χ1) is 9.48. The van der Waals surface area contributed by atoms with E-state index >= 15 is 0 Å². The molecule has 0 rings (SSSR count). The first-order valence-corrected chi connectivity index (χ1v) is 8.76. The van der Waals surface area contributed by atoms with E-state index in [2.05, 4.69) is 0 Å². The van der Waals surface area contributed by atoms with Crippen molar-refractivity contribution < 1.29 is 28.3 Å². The fourth-order valence-corrected chi connectivity index (χ4v) is 3.90. The molecule has 0 aliphatic heterocycles. The molecule has 0 fully saturated rings. The van der Waals surface area contributed by atoms with Crippen molar-refractivity contribution in [2.24, 2.45) is 5.92 Å². The predicted octanol–water partition coefficient (Wildman–Crippen LogP) is 2.59. The minimum Gasteiger partial charge on any atom is -0.465 e. The van der Waals surface area contributed by atoms with Gasteiger partial charge in [-0.15, -0.1) is 0 Å². The fraction of sp³-hybridized carbons (Fsp3) is 0.923. The van der Waals surface area contributed by atoms with Gasteiger partial charge < -0.3 is 18.9 Å². The molecule has 2 atom stereocenters. The number of hydrogen-bond acceptors (Lipinski definition) is 6. The highest BCUT2D eigenvalue weighted by Gasteiger charge is 2.43. The number of aliphatic hydroxyl groups excluding tert-OH is 1. The molecule has 0 saturated carbocycles. The van der Waals surface area contributed by atoms with Crippen molar-refractivity contribution in [2.45, 2.75) is 46.2 Å². The standard InChI is InChI=1S/C13H27O6P/c1-5-11(10-14)9-12(13(15)17-6-2)20(16,18-7-3)19-8-4/h11-12,14H,5-10H2,1-4H3/t11-,12?/m1/s1. The van der Waals surface area contributed by atoms with Gasteiger partial charge in [-0.25, -0.2) is 0 Å². The van der Waals surface area contributed by atoms with Crippen LogP contribution in [0.25, 0.3) is 0 Å². The number of hydrogen-bond donors (Lipinski definition) is 1. The molecule has 1 N–H and O–H groups in total. The zero-order chi connectivity index (χ0) is 15.6. The van der Waals surface area contributed by atoms with Crippen LogP contribution >= 0.6 is 7.60 Å². The normalized spacial score (nSPS) is 14.8. The Labute approximate surface area is 121 Å². The largest absolute Gasteiger partial charge is 0.465 e. The van der Waals surface area contributed by atoms with E-state index in [1.807, 2.05) is 6.92 Å². The quantitative estimate of drug-likeness (QED) is 0.466. The molecule has 0 aliphatic carbocycles. The topological polar surface area (TPSA) is 82.1 Å². The predicted molar refractivity (Wildman–Crippen MR) is 76.8 cm³/mol.